The summed E-state index contributed by atoms with van der Waals surface area (Å²) in [6.07, 6.45) is -0.465. The number of amides is 4. The molecule has 9 heteroatoms. The van der Waals surface area contributed by atoms with Gasteiger partial charge in [0.25, 0.3) is 0 Å². The molecule has 0 bridgehead atoms. The van der Waals surface area contributed by atoms with Gasteiger partial charge in [-0.3, -0.25) is 14.9 Å². The van der Waals surface area contributed by atoms with Crippen molar-refractivity contribution in [1.29, 1.82) is 0 Å². The van der Waals surface area contributed by atoms with Crippen molar-refractivity contribution in [2.24, 2.45) is 11.7 Å². The number of nitrogens with one attached hydrogen (secondary N) is 2. The van der Waals surface area contributed by atoms with E-state index in [2.05, 4.69) is 5.32 Å². The predicted octanol–water partition coefficient (Wildman–Crippen LogP) is 2.14. The van der Waals surface area contributed by atoms with Gasteiger partial charge in [0.1, 0.15) is 5.75 Å². The number of nitrogens with two attached hydrogens (primary N) is 1. The molecule has 0 aliphatic heterocycles. The van der Waals surface area contributed by atoms with E-state index in [-0.39, 0.29) is 6.61 Å². The maximum atomic E-state index is 13.0. The third-order valence-corrected chi connectivity index (χ3v) is 4.56. The van der Waals surface area contributed by atoms with Crippen molar-refractivity contribution < 1.29 is 24.2 Å². The van der Waals surface area contributed by atoms with Gasteiger partial charge >= 0.3 is 11.9 Å². The van der Waals surface area contributed by atoms with Crippen LogP contribution in [0, 0.1) is 5.92 Å². The highest BCUT2D eigenvalue weighted by molar-refractivity contribution is 5.97. The Labute approximate surface area is 187 Å². The molecule has 2 aromatic rings. The average molecular weight is 443 g/mol. The molecule has 32 heavy (non-hydrogen) atoms. The normalized spacial score (nSPS) is 11.7. The number of urea groups is 1. The van der Waals surface area contributed by atoms with E-state index in [0.29, 0.717) is 23.2 Å². The SMILES string of the molecule is CC(=O)N(NC(N)=O)C(=O)C(NCCC(C)C)Oc1cccc(-c2cccc(CO)c2)c1. The number of aliphatic hydroxyl groups is 1. The number of carbonyl (C=O) groups is 3. The van der Waals surface area contributed by atoms with E-state index >= 15 is 0 Å². The Morgan fingerprint density at radius 2 is 1.75 bits per heavy atom. The summed E-state index contributed by atoms with van der Waals surface area (Å²) in [7, 11) is 0. The Morgan fingerprint density at radius 3 is 2.34 bits per heavy atom. The number of hydrazine groups is 1. The van der Waals surface area contributed by atoms with Crippen molar-refractivity contribution in [1.82, 2.24) is 15.8 Å². The number of imide groups is 1. The van der Waals surface area contributed by atoms with Crippen LogP contribution in [0.25, 0.3) is 11.1 Å². The van der Waals surface area contributed by atoms with E-state index in [1.807, 2.05) is 49.6 Å². The van der Waals surface area contributed by atoms with Crippen LogP contribution in [0.1, 0.15) is 32.8 Å². The van der Waals surface area contributed by atoms with Gasteiger partial charge in [-0.2, -0.15) is 5.01 Å². The zero-order chi connectivity index (χ0) is 23.7. The summed E-state index contributed by atoms with van der Waals surface area (Å²) in [4.78, 5) is 36.1. The Hall–Kier alpha value is -3.43. The molecule has 2 aromatic carbocycles. The third-order valence-electron chi connectivity index (χ3n) is 4.56. The highest BCUT2D eigenvalue weighted by atomic mass is 16.5. The number of nitrogens with zero attached hydrogens (tertiary/aromatic N) is 1. The van der Waals surface area contributed by atoms with E-state index in [1.165, 1.54) is 0 Å². The molecular formula is C23H30N4O5. The second-order valence-corrected chi connectivity index (χ2v) is 7.69. The highest BCUT2D eigenvalue weighted by Crippen LogP contribution is 2.25. The summed E-state index contributed by atoms with van der Waals surface area (Å²) in [6, 6.07) is 13.5. The van der Waals surface area contributed by atoms with Crippen molar-refractivity contribution in [3.63, 3.8) is 0 Å². The fourth-order valence-electron chi connectivity index (χ4n) is 2.93. The molecule has 1 atom stereocenters. The zero-order valence-corrected chi connectivity index (χ0v) is 18.5. The number of rotatable bonds is 9. The summed E-state index contributed by atoms with van der Waals surface area (Å²) in [5.74, 6) is -0.738. The van der Waals surface area contributed by atoms with Crippen LogP contribution in [0.5, 0.6) is 5.75 Å². The van der Waals surface area contributed by atoms with Gasteiger partial charge in [0.15, 0.2) is 0 Å². The summed E-state index contributed by atoms with van der Waals surface area (Å²) in [5, 5.41) is 12.9. The van der Waals surface area contributed by atoms with Crippen LogP contribution >= 0.6 is 0 Å². The van der Waals surface area contributed by atoms with Crippen molar-refractivity contribution >= 4 is 17.8 Å². The van der Waals surface area contributed by atoms with Gasteiger partial charge in [-0.15, -0.1) is 0 Å². The topological polar surface area (TPSA) is 134 Å². The van der Waals surface area contributed by atoms with Gasteiger partial charge in [0, 0.05) is 6.92 Å². The largest absolute Gasteiger partial charge is 0.466 e. The molecule has 0 spiro atoms. The van der Waals surface area contributed by atoms with Crippen molar-refractivity contribution in [2.45, 2.75) is 40.0 Å². The number of primary amides is 1. The number of hydrogen-bond donors (Lipinski definition) is 4. The van der Waals surface area contributed by atoms with E-state index in [1.54, 1.807) is 18.2 Å². The van der Waals surface area contributed by atoms with Crippen molar-refractivity contribution in [2.75, 3.05) is 6.54 Å². The Balaban J connectivity index is 2.29. The number of hydrogen-bond acceptors (Lipinski definition) is 6. The predicted molar refractivity (Wildman–Crippen MR) is 120 cm³/mol. The summed E-state index contributed by atoms with van der Waals surface area (Å²) in [6.45, 7) is 5.59. The standard InChI is InChI=1S/C23H30N4O5/c1-15(2)10-11-25-21(22(30)27(16(3)29)26-23(24)31)32-20-9-5-8-19(13-20)18-7-4-6-17(12-18)14-28/h4-9,12-13,15,21,25,28H,10-11,14H2,1-3H3,(H3,24,26,31). The second kappa shape index (κ2) is 11.8. The average Bonchev–Trinajstić information content (AvgIpc) is 2.76. The summed E-state index contributed by atoms with van der Waals surface area (Å²) < 4.78 is 5.89. The quantitative estimate of drug-likeness (QED) is 0.347. The first-order chi connectivity index (χ1) is 15.2. The summed E-state index contributed by atoms with van der Waals surface area (Å²) in [5.41, 5.74) is 9.59. The molecule has 2 rings (SSSR count). The van der Waals surface area contributed by atoms with E-state index in [4.69, 9.17) is 10.5 Å². The first-order valence-corrected chi connectivity index (χ1v) is 10.3. The van der Waals surface area contributed by atoms with E-state index in [0.717, 1.165) is 30.0 Å². The van der Waals surface area contributed by atoms with E-state index in [9.17, 15) is 19.5 Å². The molecule has 4 amide bonds. The first-order valence-electron chi connectivity index (χ1n) is 10.3. The molecule has 0 aliphatic carbocycles. The number of aliphatic hydroxyl groups excluding tert-OH is 1. The van der Waals surface area contributed by atoms with E-state index < -0.39 is 24.1 Å². The molecule has 9 nitrogen and oxygen atoms in total. The number of carbonyl (C=O) groups excluding carboxylic acids is 3. The number of benzene rings is 2. The van der Waals surface area contributed by atoms with Crippen molar-refractivity contribution in [3.05, 3.63) is 54.1 Å². The van der Waals surface area contributed by atoms with Crippen LogP contribution in [-0.4, -0.2) is 40.7 Å². The van der Waals surface area contributed by atoms with Crippen LogP contribution in [0.4, 0.5) is 4.79 Å². The smallest absolute Gasteiger partial charge is 0.331 e. The van der Waals surface area contributed by atoms with Gasteiger partial charge in [0.2, 0.25) is 12.1 Å². The lowest BCUT2D eigenvalue weighted by Gasteiger charge is -2.26. The lowest BCUT2D eigenvalue weighted by Crippen LogP contribution is -2.58. The van der Waals surface area contributed by atoms with Crippen LogP contribution < -0.4 is 21.2 Å². The molecule has 0 fully saturated rings. The van der Waals surface area contributed by atoms with Crippen LogP contribution in [-0.2, 0) is 16.2 Å². The minimum absolute atomic E-state index is 0.0753. The first kappa shape index (κ1) is 24.8. The Kier molecular flexibility index (Phi) is 9.18. The number of ether oxygens (including phenoxy) is 1. The maximum Gasteiger partial charge on any atom is 0.331 e. The zero-order valence-electron chi connectivity index (χ0n) is 18.5. The molecule has 0 saturated carbocycles. The minimum Gasteiger partial charge on any atom is -0.466 e. The lowest BCUT2D eigenvalue weighted by atomic mass is 10.0. The maximum absolute atomic E-state index is 13.0. The lowest BCUT2D eigenvalue weighted by molar-refractivity contribution is -0.152. The third kappa shape index (κ3) is 7.36. The van der Waals surface area contributed by atoms with Crippen LogP contribution in [0.15, 0.2) is 48.5 Å². The fourth-order valence-corrected chi connectivity index (χ4v) is 2.93. The Bertz CT molecular complexity index is 947. The van der Waals surface area contributed by atoms with Gasteiger partial charge < -0.3 is 15.6 Å². The molecular weight excluding hydrogens is 412 g/mol. The Morgan fingerprint density at radius 1 is 1.09 bits per heavy atom. The molecule has 0 heterocycles. The van der Waals surface area contributed by atoms with Crippen LogP contribution in [0.3, 0.4) is 0 Å². The minimum atomic E-state index is -1.23. The molecule has 0 radical (unpaired) electrons. The molecule has 172 valence electrons. The molecule has 0 aromatic heterocycles. The molecule has 0 saturated heterocycles. The monoisotopic (exact) mass is 442 g/mol. The molecule has 1 unspecified atom stereocenters. The van der Waals surface area contributed by atoms with Gasteiger partial charge in [-0.25, -0.2) is 10.2 Å². The molecule has 5 N–H and O–H groups in total. The molecule has 0 aliphatic rings. The van der Waals surface area contributed by atoms with Crippen LogP contribution in [0.2, 0.25) is 0 Å². The fraction of sp³-hybridized carbons (Fsp3) is 0.348. The van der Waals surface area contributed by atoms with Gasteiger partial charge in [-0.05, 0) is 53.8 Å². The van der Waals surface area contributed by atoms with Gasteiger partial charge in [-0.1, -0.05) is 44.2 Å². The van der Waals surface area contributed by atoms with Gasteiger partial charge in [0.05, 0.1) is 6.61 Å². The summed E-state index contributed by atoms with van der Waals surface area (Å²) >= 11 is 0. The highest BCUT2D eigenvalue weighted by Gasteiger charge is 2.30. The second-order valence-electron chi connectivity index (χ2n) is 7.69. The van der Waals surface area contributed by atoms with Crippen molar-refractivity contribution in [3.8, 4) is 16.9 Å².